The zero-order chi connectivity index (χ0) is 42.6. The highest BCUT2D eigenvalue weighted by Crippen LogP contribution is 2.43. The van der Waals surface area contributed by atoms with E-state index < -0.39 is 8.88 Å². The molecule has 318 valence electrons. The highest BCUT2D eigenvalue weighted by atomic mass is 28.4. The number of hydrogen-bond donors (Lipinski definition) is 1. The van der Waals surface area contributed by atoms with Crippen LogP contribution in [0.15, 0.2) is 132 Å². The molecule has 19 heteroatoms. The number of azide groups is 1. The highest BCUT2D eigenvalue weighted by molar-refractivity contribution is 6.66. The first-order chi connectivity index (χ1) is 31.2. The molecule has 2 aromatic heterocycles. The van der Waals surface area contributed by atoms with Crippen molar-refractivity contribution in [3.8, 4) is 0 Å². The van der Waals surface area contributed by atoms with E-state index >= 15 is 0 Å². The normalized spacial score (nSPS) is 16.6. The van der Waals surface area contributed by atoms with Crippen LogP contribution in [-0.4, -0.2) is 125 Å². The van der Waals surface area contributed by atoms with Crippen LogP contribution in [0, 0.1) is 0 Å². The lowest BCUT2D eigenvalue weighted by molar-refractivity contribution is 0.0120. The number of rotatable bonds is 19. The SMILES string of the molecule is [N-]=[N+]=NCCOCCOCCO[Si]1(OCCOCCOCCO)n2c3c4ccccc4c2N=C2N=C(N=c4c5ccccc5c(n41)=NC1=NC(=N3)c3ccccc31)c1ccccc12. The topological polar surface area (TPSA) is 208 Å². The van der Waals surface area contributed by atoms with E-state index in [2.05, 4.69) is 10.0 Å². The van der Waals surface area contributed by atoms with Gasteiger partial charge in [-0.2, -0.15) is 0 Å². The van der Waals surface area contributed by atoms with Gasteiger partial charge in [0.1, 0.15) is 22.6 Å². The molecule has 0 aliphatic carbocycles. The molecule has 18 nitrogen and oxygen atoms in total. The van der Waals surface area contributed by atoms with E-state index in [4.69, 9.17) is 63.3 Å². The number of aromatic nitrogens is 2. The first kappa shape index (κ1) is 40.6. The van der Waals surface area contributed by atoms with Gasteiger partial charge in [-0.1, -0.05) is 102 Å². The standard InChI is InChI=1S/C44H41N11O7Si/c45-53-46-17-19-57-21-23-59-25-27-61-63(62-28-26-60-24-22-58-20-18-56)54-41-33-13-5-6-14-34(33)43(54)51-39-31-11-3-4-12-32(31)40(48-39)52-44-36-16-8-7-15-35(36)42(55(44)63)50-38-30-10-2-1-9-29(30)37(47-38)49-41/h1-16,56H,17-28H2. The van der Waals surface area contributed by atoms with Crippen LogP contribution < -0.4 is 11.0 Å². The fourth-order valence-electron chi connectivity index (χ4n) is 8.06. The Kier molecular flexibility index (Phi) is 11.6. The van der Waals surface area contributed by atoms with Crippen LogP contribution in [0.3, 0.4) is 0 Å². The Morgan fingerprint density at radius 2 is 0.873 bits per heavy atom. The fourth-order valence-corrected chi connectivity index (χ4v) is 11.3. The Balaban J connectivity index is 1.24. The predicted molar refractivity (Wildman–Crippen MR) is 237 cm³/mol. The summed E-state index contributed by atoms with van der Waals surface area (Å²) in [4.78, 5) is 34.7. The number of amidine groups is 4. The van der Waals surface area contributed by atoms with Gasteiger partial charge in [-0.25, -0.2) is 30.0 Å². The maximum Gasteiger partial charge on any atom is 0.603 e. The van der Waals surface area contributed by atoms with Crippen LogP contribution >= 0.6 is 0 Å². The molecular formula is C44H41N11O7Si. The zero-order valence-electron chi connectivity index (χ0n) is 34.0. The third-order valence-electron chi connectivity index (χ3n) is 10.7. The van der Waals surface area contributed by atoms with Gasteiger partial charge < -0.3 is 32.9 Å². The number of hydrogen-bond acceptors (Lipinski definition) is 14. The Morgan fingerprint density at radius 1 is 0.476 bits per heavy atom. The maximum absolute atomic E-state index is 9.20. The first-order valence-corrected chi connectivity index (χ1v) is 22.4. The summed E-state index contributed by atoms with van der Waals surface area (Å²) in [6.07, 6.45) is 0. The van der Waals surface area contributed by atoms with Gasteiger partial charge in [-0.3, -0.25) is 8.47 Å². The van der Waals surface area contributed by atoms with Crippen molar-refractivity contribution < 1.29 is 32.9 Å². The molecule has 10 rings (SSSR count). The molecule has 4 aliphatic rings. The Labute approximate surface area is 360 Å². The second-order valence-electron chi connectivity index (χ2n) is 14.5. The predicted octanol–water partition coefficient (Wildman–Crippen LogP) is 4.77. The lowest BCUT2D eigenvalue weighted by Gasteiger charge is -2.33. The quantitative estimate of drug-likeness (QED) is 0.0396. The minimum Gasteiger partial charge on any atom is -0.394 e. The maximum atomic E-state index is 9.20. The Morgan fingerprint density at radius 3 is 1.33 bits per heavy atom. The van der Waals surface area contributed by atoms with Crippen molar-refractivity contribution in [2.75, 3.05) is 79.2 Å². The summed E-state index contributed by atoms with van der Waals surface area (Å²) in [6, 6.07) is 31.9. The molecule has 0 fully saturated rings. The van der Waals surface area contributed by atoms with Crippen molar-refractivity contribution in [2.24, 2.45) is 35.1 Å². The van der Waals surface area contributed by atoms with Crippen LogP contribution in [0.25, 0.3) is 32.0 Å². The smallest absolute Gasteiger partial charge is 0.394 e. The van der Waals surface area contributed by atoms with Crippen LogP contribution in [-0.2, 0) is 27.8 Å². The van der Waals surface area contributed by atoms with Crippen molar-refractivity contribution in [3.63, 3.8) is 0 Å². The molecule has 6 aromatic rings. The molecule has 0 radical (unpaired) electrons. The van der Waals surface area contributed by atoms with Crippen molar-refractivity contribution in [1.29, 1.82) is 0 Å². The number of aliphatic imine (C=N–C) groups is 4. The summed E-state index contributed by atoms with van der Waals surface area (Å²) in [6.45, 7) is 2.30. The van der Waals surface area contributed by atoms with Gasteiger partial charge in [0.25, 0.3) is 0 Å². The summed E-state index contributed by atoms with van der Waals surface area (Å²) >= 11 is 0. The summed E-state index contributed by atoms with van der Waals surface area (Å²) in [5.41, 5.74) is 13.0. The third kappa shape index (κ3) is 7.50. The zero-order valence-corrected chi connectivity index (χ0v) is 35.0. The molecule has 6 bridgehead atoms. The largest absolute Gasteiger partial charge is 0.603 e. The Hall–Kier alpha value is -6.51. The van der Waals surface area contributed by atoms with Gasteiger partial charge in [0.2, 0.25) is 0 Å². The lowest BCUT2D eigenvalue weighted by Crippen LogP contribution is -2.64. The van der Waals surface area contributed by atoms with Gasteiger partial charge in [-0.05, 0) is 5.53 Å². The van der Waals surface area contributed by atoms with Gasteiger partial charge in [0.15, 0.2) is 23.3 Å². The van der Waals surface area contributed by atoms with Crippen molar-refractivity contribution in [1.82, 2.24) is 8.47 Å². The average molecular weight is 864 g/mol. The summed E-state index contributed by atoms with van der Waals surface area (Å²) in [5.74, 6) is 2.98. The number of aliphatic hydroxyl groups is 1. The first-order valence-electron chi connectivity index (χ1n) is 20.7. The molecule has 0 spiro atoms. The van der Waals surface area contributed by atoms with E-state index in [0.717, 1.165) is 43.8 Å². The van der Waals surface area contributed by atoms with Gasteiger partial charge in [0, 0.05) is 55.3 Å². The molecule has 1 N–H and O–H groups in total. The second-order valence-corrected chi connectivity index (χ2v) is 17.1. The van der Waals surface area contributed by atoms with Crippen molar-refractivity contribution in [3.05, 3.63) is 141 Å². The lowest BCUT2D eigenvalue weighted by atomic mass is 10.1. The number of aliphatic hydroxyl groups excluding tert-OH is 1. The number of nitrogens with zero attached hydrogens (tertiary/aromatic N) is 11. The molecule has 0 saturated carbocycles. The van der Waals surface area contributed by atoms with Crippen LogP contribution in [0.4, 0.5) is 11.6 Å². The van der Waals surface area contributed by atoms with Gasteiger partial charge in [-0.15, -0.1) is 0 Å². The van der Waals surface area contributed by atoms with E-state index in [-0.39, 0.29) is 66.0 Å². The average Bonchev–Trinajstić information content (AvgIpc) is 4.03. The van der Waals surface area contributed by atoms with E-state index in [1.165, 1.54) is 0 Å². The van der Waals surface area contributed by atoms with E-state index in [1.807, 2.05) is 106 Å². The third-order valence-corrected chi connectivity index (χ3v) is 13.9. The number of fused-ring (bicyclic) bond motifs is 14. The summed E-state index contributed by atoms with van der Waals surface area (Å²) in [5, 5.41) is 15.9. The molecule has 63 heavy (non-hydrogen) atoms. The Bertz CT molecular complexity index is 2880. The fraction of sp³-hybridized carbons (Fsp3) is 0.273. The molecule has 4 aromatic carbocycles. The molecule has 1 atom stereocenters. The summed E-state index contributed by atoms with van der Waals surface area (Å²) in [7, 11) is -4.36. The molecular weight excluding hydrogens is 823 g/mol. The molecule has 4 aliphatic heterocycles. The molecule has 0 amide bonds. The van der Waals surface area contributed by atoms with Gasteiger partial charge in [0.05, 0.1) is 72.7 Å². The minimum absolute atomic E-state index is 0.0666. The molecule has 0 saturated heterocycles. The van der Waals surface area contributed by atoms with E-state index in [1.54, 1.807) is 0 Å². The van der Waals surface area contributed by atoms with E-state index in [9.17, 15) is 5.11 Å². The summed E-state index contributed by atoms with van der Waals surface area (Å²) < 4.78 is 42.0. The van der Waals surface area contributed by atoms with Gasteiger partial charge >= 0.3 is 8.88 Å². The molecule has 6 heterocycles. The van der Waals surface area contributed by atoms with E-state index in [0.29, 0.717) is 59.2 Å². The number of benzene rings is 4. The van der Waals surface area contributed by atoms with Crippen LogP contribution in [0.1, 0.15) is 22.3 Å². The van der Waals surface area contributed by atoms with Crippen LogP contribution in [0.5, 0.6) is 0 Å². The number of ether oxygens (including phenoxy) is 4. The monoisotopic (exact) mass is 863 g/mol. The minimum atomic E-state index is -4.36. The highest BCUT2D eigenvalue weighted by Gasteiger charge is 2.53. The molecule has 1 unspecified atom stereocenters. The van der Waals surface area contributed by atoms with Crippen molar-refractivity contribution in [2.45, 2.75) is 0 Å². The van der Waals surface area contributed by atoms with Crippen LogP contribution in [0.2, 0.25) is 0 Å². The van der Waals surface area contributed by atoms with Crippen molar-refractivity contribution >= 4 is 65.4 Å². The second kappa shape index (κ2) is 18.1.